The van der Waals surface area contributed by atoms with Crippen LogP contribution in [0.1, 0.15) is 5.56 Å². The summed E-state index contributed by atoms with van der Waals surface area (Å²) in [6.45, 7) is 2.17. The monoisotopic (exact) mass is 392 g/mol. The number of amides is 1. The highest BCUT2D eigenvalue weighted by molar-refractivity contribution is 6.02. The SMILES string of the molecule is COc1ccc(N2CCN(C(=O)/C(C#N)=C/c3ccccc3[N+](=O)[O-])CC2)cc1. The summed E-state index contributed by atoms with van der Waals surface area (Å²) in [6.07, 6.45) is 1.29. The molecular weight excluding hydrogens is 372 g/mol. The molecule has 0 spiro atoms. The van der Waals surface area contributed by atoms with Gasteiger partial charge in [-0.25, -0.2) is 0 Å². The molecule has 1 aliphatic rings. The molecule has 1 fully saturated rings. The van der Waals surface area contributed by atoms with E-state index in [4.69, 9.17) is 4.74 Å². The van der Waals surface area contributed by atoms with Gasteiger partial charge < -0.3 is 14.5 Å². The predicted octanol–water partition coefficient (Wildman–Crippen LogP) is 2.86. The van der Waals surface area contributed by atoms with Gasteiger partial charge in [-0.1, -0.05) is 12.1 Å². The van der Waals surface area contributed by atoms with Gasteiger partial charge in [0.25, 0.3) is 11.6 Å². The molecule has 0 N–H and O–H groups in total. The first kappa shape index (κ1) is 19.9. The zero-order valence-corrected chi connectivity index (χ0v) is 15.9. The number of hydrogen-bond acceptors (Lipinski definition) is 6. The fraction of sp³-hybridized carbons (Fsp3) is 0.238. The number of rotatable bonds is 5. The Bertz CT molecular complexity index is 971. The Labute approximate surface area is 168 Å². The molecule has 1 amide bonds. The second-order valence-corrected chi connectivity index (χ2v) is 6.46. The summed E-state index contributed by atoms with van der Waals surface area (Å²) < 4.78 is 5.17. The van der Waals surface area contributed by atoms with Crippen molar-refractivity contribution in [3.8, 4) is 11.8 Å². The molecule has 2 aromatic carbocycles. The molecule has 8 nitrogen and oxygen atoms in total. The van der Waals surface area contributed by atoms with Gasteiger partial charge in [0.1, 0.15) is 17.4 Å². The number of ether oxygens (including phenoxy) is 1. The molecule has 0 atom stereocenters. The smallest absolute Gasteiger partial charge is 0.276 e. The largest absolute Gasteiger partial charge is 0.497 e. The summed E-state index contributed by atoms with van der Waals surface area (Å²) in [5, 5.41) is 20.6. The molecule has 1 heterocycles. The Balaban J connectivity index is 1.70. The second kappa shape index (κ2) is 8.89. The van der Waals surface area contributed by atoms with E-state index in [1.807, 2.05) is 30.3 Å². The number of para-hydroxylation sites is 1. The Morgan fingerprint density at radius 2 is 1.79 bits per heavy atom. The van der Waals surface area contributed by atoms with E-state index < -0.39 is 10.8 Å². The zero-order chi connectivity index (χ0) is 20.8. The van der Waals surface area contributed by atoms with Gasteiger partial charge in [0.15, 0.2) is 0 Å². The van der Waals surface area contributed by atoms with E-state index in [9.17, 15) is 20.2 Å². The number of nitro groups is 1. The minimum atomic E-state index is -0.529. The van der Waals surface area contributed by atoms with Crippen molar-refractivity contribution in [2.24, 2.45) is 0 Å². The third kappa shape index (κ3) is 4.52. The average molecular weight is 392 g/mol. The van der Waals surface area contributed by atoms with E-state index in [0.29, 0.717) is 26.2 Å². The van der Waals surface area contributed by atoms with Crippen LogP contribution in [0.15, 0.2) is 54.1 Å². The standard InChI is InChI=1S/C21H20N4O4/c1-29-19-8-6-18(7-9-19)23-10-12-24(13-11-23)21(26)17(15-22)14-16-4-2-3-5-20(16)25(27)28/h2-9,14H,10-13H2,1H3/b17-14+. The van der Waals surface area contributed by atoms with Crippen molar-refractivity contribution in [3.05, 3.63) is 69.8 Å². The second-order valence-electron chi connectivity index (χ2n) is 6.46. The van der Waals surface area contributed by atoms with Gasteiger partial charge in [0.2, 0.25) is 0 Å². The molecule has 8 heteroatoms. The van der Waals surface area contributed by atoms with E-state index in [0.717, 1.165) is 11.4 Å². The van der Waals surface area contributed by atoms with Gasteiger partial charge in [-0.2, -0.15) is 5.26 Å². The van der Waals surface area contributed by atoms with Gasteiger partial charge in [0.05, 0.1) is 17.6 Å². The number of anilines is 1. The molecule has 1 aliphatic heterocycles. The minimum Gasteiger partial charge on any atom is -0.497 e. The Morgan fingerprint density at radius 1 is 1.14 bits per heavy atom. The number of methoxy groups -OCH3 is 1. The summed E-state index contributed by atoms with van der Waals surface area (Å²) in [6, 6.07) is 15.6. The van der Waals surface area contributed by atoms with Crippen molar-refractivity contribution in [1.29, 1.82) is 5.26 Å². The van der Waals surface area contributed by atoms with Crippen molar-refractivity contribution in [2.75, 3.05) is 38.2 Å². The predicted molar refractivity (Wildman–Crippen MR) is 108 cm³/mol. The molecule has 0 aliphatic carbocycles. The third-order valence-electron chi connectivity index (χ3n) is 4.79. The molecule has 0 unspecified atom stereocenters. The lowest BCUT2D eigenvalue weighted by molar-refractivity contribution is -0.385. The highest BCUT2D eigenvalue weighted by Gasteiger charge is 2.24. The summed E-state index contributed by atoms with van der Waals surface area (Å²) in [7, 11) is 1.61. The molecule has 0 bridgehead atoms. The molecule has 0 radical (unpaired) electrons. The quantitative estimate of drug-likeness (QED) is 0.336. The lowest BCUT2D eigenvalue weighted by Gasteiger charge is -2.36. The van der Waals surface area contributed by atoms with E-state index in [-0.39, 0.29) is 16.8 Å². The minimum absolute atomic E-state index is 0.114. The van der Waals surface area contributed by atoms with Crippen LogP contribution in [0.4, 0.5) is 11.4 Å². The number of nitrogens with zero attached hydrogens (tertiary/aromatic N) is 4. The van der Waals surface area contributed by atoms with E-state index in [1.54, 1.807) is 24.1 Å². The number of nitriles is 1. The summed E-state index contributed by atoms with van der Waals surface area (Å²) in [4.78, 5) is 27.2. The average Bonchev–Trinajstić information content (AvgIpc) is 2.77. The van der Waals surface area contributed by atoms with Crippen LogP contribution in [0.3, 0.4) is 0 Å². The molecule has 148 valence electrons. The Morgan fingerprint density at radius 3 is 2.38 bits per heavy atom. The molecule has 2 aromatic rings. The third-order valence-corrected chi connectivity index (χ3v) is 4.79. The first-order chi connectivity index (χ1) is 14.0. The van der Waals surface area contributed by atoms with Gasteiger partial charge in [-0.3, -0.25) is 14.9 Å². The highest BCUT2D eigenvalue weighted by atomic mass is 16.6. The topological polar surface area (TPSA) is 99.7 Å². The molecule has 29 heavy (non-hydrogen) atoms. The number of carbonyl (C=O) groups is 1. The number of piperazine rings is 1. The first-order valence-electron chi connectivity index (χ1n) is 9.07. The summed E-state index contributed by atoms with van der Waals surface area (Å²) in [5.74, 6) is 0.362. The van der Waals surface area contributed by atoms with Crippen molar-refractivity contribution < 1.29 is 14.5 Å². The highest BCUT2D eigenvalue weighted by Crippen LogP contribution is 2.23. The van der Waals surface area contributed by atoms with Crippen LogP contribution in [-0.2, 0) is 4.79 Å². The van der Waals surface area contributed by atoms with Gasteiger partial charge >= 0.3 is 0 Å². The van der Waals surface area contributed by atoms with E-state index in [1.165, 1.54) is 18.2 Å². The van der Waals surface area contributed by atoms with Crippen LogP contribution in [0.25, 0.3) is 6.08 Å². The maximum atomic E-state index is 12.8. The van der Waals surface area contributed by atoms with Crippen LogP contribution in [0, 0.1) is 21.4 Å². The lowest BCUT2D eigenvalue weighted by Crippen LogP contribution is -2.49. The fourth-order valence-electron chi connectivity index (χ4n) is 3.20. The zero-order valence-electron chi connectivity index (χ0n) is 15.9. The lowest BCUT2D eigenvalue weighted by atomic mass is 10.1. The van der Waals surface area contributed by atoms with Crippen LogP contribution in [0.2, 0.25) is 0 Å². The van der Waals surface area contributed by atoms with Crippen molar-refractivity contribution >= 4 is 23.4 Å². The van der Waals surface area contributed by atoms with Crippen LogP contribution in [0.5, 0.6) is 5.75 Å². The van der Waals surface area contributed by atoms with Crippen LogP contribution < -0.4 is 9.64 Å². The Kier molecular flexibility index (Phi) is 6.09. The Hall–Kier alpha value is -3.86. The normalized spacial score (nSPS) is 14.3. The van der Waals surface area contributed by atoms with Gasteiger partial charge in [-0.05, 0) is 36.4 Å². The first-order valence-corrected chi connectivity index (χ1v) is 9.07. The summed E-state index contributed by atoms with van der Waals surface area (Å²) in [5.41, 5.74) is 1.02. The number of nitro benzene ring substituents is 1. The van der Waals surface area contributed by atoms with Gasteiger partial charge in [0, 0.05) is 37.9 Å². The number of hydrogen-bond donors (Lipinski definition) is 0. The maximum Gasteiger partial charge on any atom is 0.276 e. The molecule has 3 rings (SSSR count). The molecular formula is C21H20N4O4. The number of carbonyl (C=O) groups excluding carboxylic acids is 1. The maximum absolute atomic E-state index is 12.8. The molecule has 1 saturated heterocycles. The van der Waals surface area contributed by atoms with Crippen molar-refractivity contribution in [1.82, 2.24) is 4.90 Å². The fourth-order valence-corrected chi connectivity index (χ4v) is 3.20. The van der Waals surface area contributed by atoms with Crippen LogP contribution in [-0.4, -0.2) is 49.0 Å². The van der Waals surface area contributed by atoms with Crippen LogP contribution >= 0.6 is 0 Å². The molecule has 0 aromatic heterocycles. The van der Waals surface area contributed by atoms with E-state index in [2.05, 4.69) is 4.90 Å². The van der Waals surface area contributed by atoms with Gasteiger partial charge in [-0.15, -0.1) is 0 Å². The molecule has 0 saturated carbocycles. The van der Waals surface area contributed by atoms with Crippen molar-refractivity contribution in [2.45, 2.75) is 0 Å². The van der Waals surface area contributed by atoms with E-state index >= 15 is 0 Å². The summed E-state index contributed by atoms with van der Waals surface area (Å²) >= 11 is 0. The number of benzene rings is 2. The van der Waals surface area contributed by atoms with Crippen molar-refractivity contribution in [3.63, 3.8) is 0 Å².